The maximum atomic E-state index is 12.0. The molecule has 2 fully saturated rings. The standard InChI is InChI=1S/C25H47NO12/c1-2-3-4-5-6-7-8-9-10-17(29)26-11-12-35-24-22(34)20(32)23(16(14-28)37-24)38-25-21(33)19(31)18(30)15(13-27)36-25/h15-16,18-25,27-28,30-34H,2-14H2,1H3,(H,26,29)/t15?,16?,18-,19?,20?,21+,22+,23-,24-,25-/m0/s1. The Morgan fingerprint density at radius 2 is 1.32 bits per heavy atom. The molecule has 13 nitrogen and oxygen atoms in total. The van der Waals surface area contributed by atoms with Gasteiger partial charge in [-0.3, -0.25) is 4.79 Å². The van der Waals surface area contributed by atoms with Crippen LogP contribution in [-0.2, 0) is 23.7 Å². The second kappa shape index (κ2) is 17.7. The molecule has 0 aromatic rings. The number of aliphatic hydroxyl groups excluding tert-OH is 7. The van der Waals surface area contributed by atoms with E-state index in [0.29, 0.717) is 6.42 Å². The van der Waals surface area contributed by atoms with Gasteiger partial charge in [0.25, 0.3) is 0 Å². The number of ether oxygens (including phenoxy) is 4. The quantitative estimate of drug-likeness (QED) is 0.0946. The first-order valence-electron chi connectivity index (χ1n) is 13.7. The number of carbonyl (C=O) groups excluding carboxylic acids is 1. The van der Waals surface area contributed by atoms with Crippen LogP contribution in [0.15, 0.2) is 0 Å². The lowest BCUT2D eigenvalue weighted by Gasteiger charge is -2.45. The Bertz CT molecular complexity index is 654. The Morgan fingerprint density at radius 3 is 1.95 bits per heavy atom. The Kier molecular flexibility index (Phi) is 15.5. The first-order chi connectivity index (χ1) is 18.2. The smallest absolute Gasteiger partial charge is 0.220 e. The molecule has 2 aliphatic rings. The molecule has 0 saturated carbocycles. The van der Waals surface area contributed by atoms with E-state index in [0.717, 1.165) is 19.3 Å². The van der Waals surface area contributed by atoms with E-state index < -0.39 is 74.6 Å². The van der Waals surface area contributed by atoms with Gasteiger partial charge >= 0.3 is 0 Å². The monoisotopic (exact) mass is 553 g/mol. The van der Waals surface area contributed by atoms with Gasteiger partial charge in [0.15, 0.2) is 12.6 Å². The Labute approximate surface area is 223 Å². The van der Waals surface area contributed by atoms with Crippen LogP contribution in [0.2, 0.25) is 0 Å². The number of unbranched alkanes of at least 4 members (excludes halogenated alkanes) is 7. The number of rotatable bonds is 17. The van der Waals surface area contributed by atoms with Crippen LogP contribution in [0.25, 0.3) is 0 Å². The maximum Gasteiger partial charge on any atom is 0.220 e. The average Bonchev–Trinajstić information content (AvgIpc) is 2.91. The molecule has 224 valence electrons. The Morgan fingerprint density at radius 1 is 0.737 bits per heavy atom. The van der Waals surface area contributed by atoms with Crippen LogP contribution in [0.1, 0.15) is 64.7 Å². The molecule has 13 heteroatoms. The van der Waals surface area contributed by atoms with Gasteiger partial charge in [-0.15, -0.1) is 0 Å². The van der Waals surface area contributed by atoms with Gasteiger partial charge in [-0.2, -0.15) is 0 Å². The van der Waals surface area contributed by atoms with E-state index in [-0.39, 0.29) is 19.1 Å². The van der Waals surface area contributed by atoms with E-state index >= 15 is 0 Å². The van der Waals surface area contributed by atoms with Crippen LogP contribution in [0.3, 0.4) is 0 Å². The summed E-state index contributed by atoms with van der Waals surface area (Å²) in [7, 11) is 0. The molecular formula is C25H47NO12. The summed E-state index contributed by atoms with van der Waals surface area (Å²) < 4.78 is 21.8. The average molecular weight is 554 g/mol. The van der Waals surface area contributed by atoms with Gasteiger partial charge in [-0.1, -0.05) is 51.9 Å². The topological polar surface area (TPSA) is 208 Å². The van der Waals surface area contributed by atoms with E-state index in [9.17, 15) is 40.5 Å². The van der Waals surface area contributed by atoms with E-state index in [1.807, 2.05) is 0 Å². The predicted octanol–water partition coefficient (Wildman–Crippen LogP) is -1.73. The van der Waals surface area contributed by atoms with Gasteiger partial charge in [-0.05, 0) is 6.42 Å². The normalized spacial score (nSPS) is 35.8. The lowest BCUT2D eigenvalue weighted by atomic mass is 9.97. The zero-order valence-corrected chi connectivity index (χ0v) is 22.1. The van der Waals surface area contributed by atoms with Crippen molar-refractivity contribution in [2.75, 3.05) is 26.4 Å². The van der Waals surface area contributed by atoms with Gasteiger partial charge in [0, 0.05) is 13.0 Å². The zero-order valence-electron chi connectivity index (χ0n) is 22.1. The van der Waals surface area contributed by atoms with Crippen molar-refractivity contribution in [3.05, 3.63) is 0 Å². The molecule has 2 saturated heterocycles. The summed E-state index contributed by atoms with van der Waals surface area (Å²) in [5.74, 6) is -0.106. The van der Waals surface area contributed by atoms with Crippen molar-refractivity contribution in [2.45, 2.75) is 126 Å². The van der Waals surface area contributed by atoms with Gasteiger partial charge < -0.3 is 60.0 Å². The SMILES string of the molecule is CCCCCCCCCCC(=O)NCCO[C@H]1OC(CO)[C@H](O[C@@H]2OC(CO)[C@H](O)C(O)[C@H]2O)C(O)[C@H]1O. The fourth-order valence-corrected chi connectivity index (χ4v) is 4.57. The third-order valence-corrected chi connectivity index (χ3v) is 6.92. The number of carbonyl (C=O) groups is 1. The highest BCUT2D eigenvalue weighted by Crippen LogP contribution is 2.29. The predicted molar refractivity (Wildman–Crippen MR) is 133 cm³/mol. The number of amides is 1. The second-order valence-corrected chi connectivity index (χ2v) is 9.95. The first kappa shape index (κ1) is 33.2. The van der Waals surface area contributed by atoms with Crippen LogP contribution in [0.4, 0.5) is 0 Å². The van der Waals surface area contributed by atoms with Crippen molar-refractivity contribution in [2.24, 2.45) is 0 Å². The lowest BCUT2D eigenvalue weighted by Crippen LogP contribution is -2.64. The summed E-state index contributed by atoms with van der Waals surface area (Å²) in [6.07, 6.45) is -5.53. The molecule has 1 amide bonds. The third-order valence-electron chi connectivity index (χ3n) is 6.92. The molecule has 2 heterocycles. The van der Waals surface area contributed by atoms with Crippen molar-refractivity contribution in [1.29, 1.82) is 0 Å². The van der Waals surface area contributed by atoms with Crippen LogP contribution in [0.5, 0.6) is 0 Å². The van der Waals surface area contributed by atoms with Gasteiger partial charge in [-0.25, -0.2) is 0 Å². The van der Waals surface area contributed by atoms with E-state index in [4.69, 9.17) is 18.9 Å². The fraction of sp³-hybridized carbons (Fsp3) is 0.960. The molecule has 0 aromatic heterocycles. The maximum absolute atomic E-state index is 12.0. The van der Waals surface area contributed by atoms with Crippen molar-refractivity contribution in [3.8, 4) is 0 Å². The molecule has 0 aliphatic carbocycles. The van der Waals surface area contributed by atoms with Crippen LogP contribution in [-0.4, -0.2) is 129 Å². The number of nitrogens with one attached hydrogen (secondary N) is 1. The van der Waals surface area contributed by atoms with E-state index in [1.54, 1.807) is 0 Å². The number of aliphatic hydroxyl groups is 7. The molecule has 38 heavy (non-hydrogen) atoms. The summed E-state index contributed by atoms with van der Waals surface area (Å²) >= 11 is 0. The summed E-state index contributed by atoms with van der Waals surface area (Å²) in [6.45, 7) is 0.999. The minimum Gasteiger partial charge on any atom is -0.394 e. The lowest BCUT2D eigenvalue weighted by molar-refractivity contribution is -0.359. The molecule has 0 spiro atoms. The summed E-state index contributed by atoms with van der Waals surface area (Å²) in [6, 6.07) is 0. The summed E-state index contributed by atoms with van der Waals surface area (Å²) in [5, 5.41) is 72.9. The van der Waals surface area contributed by atoms with Crippen LogP contribution in [0, 0.1) is 0 Å². The zero-order chi connectivity index (χ0) is 28.1. The fourth-order valence-electron chi connectivity index (χ4n) is 4.57. The molecule has 8 N–H and O–H groups in total. The molecule has 2 rings (SSSR count). The molecule has 0 radical (unpaired) electrons. The third kappa shape index (κ3) is 9.89. The highest BCUT2D eigenvalue weighted by molar-refractivity contribution is 5.75. The summed E-state index contributed by atoms with van der Waals surface area (Å²) in [5.41, 5.74) is 0. The van der Waals surface area contributed by atoms with Crippen molar-refractivity contribution >= 4 is 5.91 Å². The van der Waals surface area contributed by atoms with Crippen LogP contribution >= 0.6 is 0 Å². The van der Waals surface area contributed by atoms with Gasteiger partial charge in [0.05, 0.1) is 19.8 Å². The van der Waals surface area contributed by atoms with Crippen molar-refractivity contribution in [1.82, 2.24) is 5.32 Å². The highest BCUT2D eigenvalue weighted by atomic mass is 16.7. The molecule has 4 unspecified atom stereocenters. The summed E-state index contributed by atoms with van der Waals surface area (Å²) in [4.78, 5) is 12.0. The molecule has 2 aliphatic heterocycles. The Balaban J connectivity index is 1.72. The minimum atomic E-state index is -1.74. The highest BCUT2D eigenvalue weighted by Gasteiger charge is 2.50. The molecular weight excluding hydrogens is 506 g/mol. The molecule has 0 aromatic carbocycles. The second-order valence-electron chi connectivity index (χ2n) is 9.95. The van der Waals surface area contributed by atoms with Crippen molar-refractivity contribution in [3.63, 3.8) is 0 Å². The molecule has 0 bridgehead atoms. The van der Waals surface area contributed by atoms with Crippen LogP contribution < -0.4 is 5.32 Å². The minimum absolute atomic E-state index is 0.0198. The molecule has 10 atom stereocenters. The van der Waals surface area contributed by atoms with Gasteiger partial charge in [0.2, 0.25) is 5.91 Å². The van der Waals surface area contributed by atoms with Crippen molar-refractivity contribution < 1.29 is 59.5 Å². The van der Waals surface area contributed by atoms with Gasteiger partial charge in [0.1, 0.15) is 48.8 Å². The first-order valence-corrected chi connectivity index (χ1v) is 13.7. The number of hydrogen-bond donors (Lipinski definition) is 8. The number of hydrogen-bond acceptors (Lipinski definition) is 12. The largest absolute Gasteiger partial charge is 0.394 e. The van der Waals surface area contributed by atoms with E-state index in [1.165, 1.54) is 32.1 Å². The van der Waals surface area contributed by atoms with E-state index in [2.05, 4.69) is 12.2 Å². The Hall–Kier alpha value is -0.970.